The molecule has 1 fully saturated rings. The maximum atomic E-state index is 11.8. The van der Waals surface area contributed by atoms with Gasteiger partial charge in [-0.15, -0.1) is 0 Å². The minimum Gasteiger partial charge on any atom is -0.481 e. The Hall–Kier alpha value is -0.870. The largest absolute Gasteiger partial charge is 0.481 e. The molecule has 0 saturated heterocycles. The summed E-state index contributed by atoms with van der Waals surface area (Å²) in [6.07, 6.45) is 6.03. The van der Waals surface area contributed by atoms with Gasteiger partial charge in [-0.05, 0) is 31.5 Å². The van der Waals surface area contributed by atoms with Gasteiger partial charge >= 0.3 is 5.97 Å². The molecule has 4 heteroatoms. The molecular formula is C17H24BrNO2. The van der Waals surface area contributed by atoms with Crippen LogP contribution >= 0.6 is 15.9 Å². The summed E-state index contributed by atoms with van der Waals surface area (Å²) in [4.78, 5) is 14.0. The summed E-state index contributed by atoms with van der Waals surface area (Å²) in [5.74, 6) is -0.622. The third-order valence-corrected chi connectivity index (χ3v) is 5.26. The van der Waals surface area contributed by atoms with Crippen LogP contribution in [0.1, 0.15) is 44.1 Å². The highest BCUT2D eigenvalue weighted by Gasteiger charge is 2.39. The van der Waals surface area contributed by atoms with Crippen LogP contribution in [0.5, 0.6) is 0 Å². The molecule has 0 radical (unpaired) electrons. The van der Waals surface area contributed by atoms with Crippen molar-refractivity contribution in [3.63, 3.8) is 0 Å². The first-order chi connectivity index (χ1) is 10.0. The molecule has 0 aliphatic heterocycles. The van der Waals surface area contributed by atoms with Gasteiger partial charge in [0.2, 0.25) is 0 Å². The highest BCUT2D eigenvalue weighted by Crippen LogP contribution is 2.36. The topological polar surface area (TPSA) is 40.5 Å². The minimum atomic E-state index is -0.622. The number of nitrogens with zero attached hydrogens (tertiary/aromatic N) is 1. The molecule has 1 N–H and O–H groups in total. The zero-order valence-corrected chi connectivity index (χ0v) is 14.2. The number of hydrogen-bond donors (Lipinski definition) is 1. The van der Waals surface area contributed by atoms with Crippen LogP contribution in [-0.4, -0.2) is 29.6 Å². The van der Waals surface area contributed by atoms with Crippen LogP contribution in [0.25, 0.3) is 0 Å². The fourth-order valence-electron chi connectivity index (χ4n) is 3.33. The summed E-state index contributed by atoms with van der Waals surface area (Å²) in [5.41, 5.74) is 0.640. The van der Waals surface area contributed by atoms with Crippen molar-refractivity contribution in [3.05, 3.63) is 34.3 Å². The number of benzene rings is 1. The molecule has 1 aromatic carbocycles. The fraction of sp³-hybridized carbons (Fsp3) is 0.588. The van der Waals surface area contributed by atoms with E-state index in [1.165, 1.54) is 18.4 Å². The van der Waals surface area contributed by atoms with Crippen LogP contribution < -0.4 is 0 Å². The Balaban J connectivity index is 2.06. The quantitative estimate of drug-likeness (QED) is 0.802. The molecule has 21 heavy (non-hydrogen) atoms. The normalized spacial score (nSPS) is 18.4. The maximum Gasteiger partial charge on any atom is 0.310 e. The summed E-state index contributed by atoms with van der Waals surface area (Å²) < 4.78 is 1.09. The number of aliphatic carboxylic acids is 1. The van der Waals surface area contributed by atoms with E-state index < -0.39 is 11.4 Å². The van der Waals surface area contributed by atoms with Crippen molar-refractivity contribution in [3.8, 4) is 0 Å². The Labute approximate surface area is 135 Å². The van der Waals surface area contributed by atoms with Gasteiger partial charge in [0.1, 0.15) is 0 Å². The molecule has 1 aliphatic rings. The highest BCUT2D eigenvalue weighted by molar-refractivity contribution is 9.10. The molecule has 0 amide bonds. The predicted molar refractivity (Wildman–Crippen MR) is 88.2 cm³/mol. The van der Waals surface area contributed by atoms with E-state index in [0.29, 0.717) is 6.54 Å². The van der Waals surface area contributed by atoms with Crippen LogP contribution in [0.4, 0.5) is 0 Å². The SMILES string of the molecule is CN(Cc1ccccc1Br)CC1(C(=O)O)CCCCCC1. The fourth-order valence-corrected chi connectivity index (χ4v) is 3.75. The Bertz CT molecular complexity index is 481. The number of rotatable bonds is 5. The van der Waals surface area contributed by atoms with Crippen LogP contribution in [-0.2, 0) is 11.3 Å². The van der Waals surface area contributed by atoms with E-state index in [0.717, 1.165) is 36.7 Å². The molecule has 1 saturated carbocycles. The van der Waals surface area contributed by atoms with Gasteiger partial charge in [0.05, 0.1) is 5.41 Å². The van der Waals surface area contributed by atoms with Gasteiger partial charge in [-0.25, -0.2) is 0 Å². The van der Waals surface area contributed by atoms with Gasteiger partial charge < -0.3 is 10.0 Å². The molecule has 1 aliphatic carbocycles. The smallest absolute Gasteiger partial charge is 0.310 e. The van der Waals surface area contributed by atoms with Gasteiger partial charge in [0, 0.05) is 17.6 Å². The Morgan fingerprint density at radius 1 is 1.24 bits per heavy atom. The van der Waals surface area contributed by atoms with Crippen molar-refractivity contribution in [2.75, 3.05) is 13.6 Å². The molecule has 0 aromatic heterocycles. The number of carbonyl (C=O) groups is 1. The van der Waals surface area contributed by atoms with E-state index in [2.05, 4.69) is 26.9 Å². The first kappa shape index (κ1) is 16.5. The second-order valence-corrected chi connectivity index (χ2v) is 7.12. The van der Waals surface area contributed by atoms with Crippen molar-refractivity contribution >= 4 is 21.9 Å². The molecule has 1 aromatic rings. The molecule has 0 atom stereocenters. The molecule has 2 rings (SSSR count). The lowest BCUT2D eigenvalue weighted by molar-refractivity contribution is -0.151. The van der Waals surface area contributed by atoms with Crippen molar-refractivity contribution in [2.45, 2.75) is 45.1 Å². The van der Waals surface area contributed by atoms with Crippen LogP contribution in [0.3, 0.4) is 0 Å². The van der Waals surface area contributed by atoms with Gasteiger partial charge in [-0.3, -0.25) is 4.79 Å². The van der Waals surface area contributed by atoms with E-state index in [4.69, 9.17) is 0 Å². The molecule has 116 valence electrons. The summed E-state index contributed by atoms with van der Waals surface area (Å²) in [6, 6.07) is 8.13. The monoisotopic (exact) mass is 353 g/mol. The Morgan fingerprint density at radius 3 is 2.43 bits per heavy atom. The van der Waals surface area contributed by atoms with E-state index in [-0.39, 0.29) is 0 Å². The lowest BCUT2D eigenvalue weighted by Gasteiger charge is -2.32. The molecule has 3 nitrogen and oxygen atoms in total. The molecule has 0 heterocycles. The van der Waals surface area contributed by atoms with E-state index in [1.807, 2.05) is 25.2 Å². The van der Waals surface area contributed by atoms with Crippen molar-refractivity contribution in [2.24, 2.45) is 5.41 Å². The minimum absolute atomic E-state index is 0.563. The number of hydrogen-bond acceptors (Lipinski definition) is 2. The number of carboxylic acids is 1. The van der Waals surface area contributed by atoms with Gasteiger partial charge in [-0.2, -0.15) is 0 Å². The zero-order chi connectivity index (χ0) is 15.3. The Kier molecular flexibility index (Phi) is 5.82. The van der Waals surface area contributed by atoms with Gasteiger partial charge in [-0.1, -0.05) is 59.8 Å². The van der Waals surface area contributed by atoms with Gasteiger partial charge in [0.25, 0.3) is 0 Å². The first-order valence-electron chi connectivity index (χ1n) is 7.69. The van der Waals surface area contributed by atoms with Gasteiger partial charge in [0.15, 0.2) is 0 Å². The molecule has 0 spiro atoms. The summed E-state index contributed by atoms with van der Waals surface area (Å²) in [5, 5.41) is 9.75. The highest BCUT2D eigenvalue weighted by atomic mass is 79.9. The van der Waals surface area contributed by atoms with Crippen LogP contribution in [0.15, 0.2) is 28.7 Å². The molecular weight excluding hydrogens is 330 g/mol. The first-order valence-corrected chi connectivity index (χ1v) is 8.48. The van der Waals surface area contributed by atoms with E-state index in [1.54, 1.807) is 0 Å². The summed E-state index contributed by atoms with van der Waals surface area (Å²) in [7, 11) is 2.02. The lowest BCUT2D eigenvalue weighted by Crippen LogP contribution is -2.41. The molecule has 0 bridgehead atoms. The number of halogens is 1. The third kappa shape index (κ3) is 4.30. The average Bonchev–Trinajstić information content (AvgIpc) is 2.68. The second kappa shape index (κ2) is 7.41. The standard InChI is InChI=1S/C17H24BrNO2/c1-19(12-14-8-4-5-9-15(14)18)13-17(16(20)21)10-6-2-3-7-11-17/h4-5,8-9H,2-3,6-7,10-13H2,1H3,(H,20,21). The van der Waals surface area contributed by atoms with Crippen molar-refractivity contribution < 1.29 is 9.90 Å². The van der Waals surface area contributed by atoms with Crippen molar-refractivity contribution in [1.29, 1.82) is 0 Å². The van der Waals surface area contributed by atoms with E-state index >= 15 is 0 Å². The van der Waals surface area contributed by atoms with Crippen LogP contribution in [0, 0.1) is 5.41 Å². The summed E-state index contributed by atoms with van der Waals surface area (Å²) in [6.45, 7) is 1.40. The second-order valence-electron chi connectivity index (χ2n) is 6.26. The van der Waals surface area contributed by atoms with Crippen molar-refractivity contribution in [1.82, 2.24) is 4.90 Å². The predicted octanol–water partition coefficient (Wildman–Crippen LogP) is 4.31. The van der Waals surface area contributed by atoms with Crippen LogP contribution in [0.2, 0.25) is 0 Å². The van der Waals surface area contributed by atoms with E-state index in [9.17, 15) is 9.90 Å². The average molecular weight is 354 g/mol. The summed E-state index contributed by atoms with van der Waals surface area (Å²) >= 11 is 3.56. The zero-order valence-electron chi connectivity index (χ0n) is 12.6. The third-order valence-electron chi connectivity index (χ3n) is 4.49. The molecule has 0 unspecified atom stereocenters. The maximum absolute atomic E-state index is 11.8. The lowest BCUT2D eigenvalue weighted by atomic mass is 9.80. The Morgan fingerprint density at radius 2 is 1.86 bits per heavy atom. The number of carboxylic acid groups (broad SMARTS) is 1.